The number of halogens is 1. The van der Waals surface area contributed by atoms with Gasteiger partial charge in [0.05, 0.1) is 33.5 Å². The van der Waals surface area contributed by atoms with Gasteiger partial charge in [-0.15, -0.1) is 0 Å². The topological polar surface area (TPSA) is 91.6 Å². The molecule has 1 atom stereocenters. The van der Waals surface area contributed by atoms with Gasteiger partial charge in [-0.3, -0.25) is 14.2 Å². The first kappa shape index (κ1) is 26.4. The van der Waals surface area contributed by atoms with E-state index in [1.54, 1.807) is 51.9 Å². The molecule has 0 fully saturated rings. The summed E-state index contributed by atoms with van der Waals surface area (Å²) < 4.78 is 8.01. The molecule has 1 aliphatic heterocycles. The van der Waals surface area contributed by atoms with Crippen LogP contribution in [0.25, 0.3) is 17.4 Å². The van der Waals surface area contributed by atoms with Gasteiger partial charge in [0.15, 0.2) is 4.80 Å². The molecule has 1 amide bonds. The number of allylic oxidation sites excluding steroid dienone is 1. The molecule has 4 aromatic rings. The number of amides is 1. The summed E-state index contributed by atoms with van der Waals surface area (Å²) in [5.41, 5.74) is 2.72. The summed E-state index contributed by atoms with van der Waals surface area (Å²) >= 11 is 7.40. The highest BCUT2D eigenvalue weighted by Gasteiger charge is 2.34. The van der Waals surface area contributed by atoms with Crippen molar-refractivity contribution in [2.24, 2.45) is 4.99 Å². The lowest BCUT2D eigenvalue weighted by molar-refractivity contribution is -0.127. The van der Waals surface area contributed by atoms with E-state index in [0.29, 0.717) is 61.4 Å². The molecule has 5 rings (SSSR count). The minimum absolute atomic E-state index is 0.151. The number of hydrogen-bond donors (Lipinski definition) is 0. The van der Waals surface area contributed by atoms with E-state index < -0.39 is 6.04 Å². The highest BCUT2D eigenvalue weighted by molar-refractivity contribution is 7.07. The number of benzene rings is 2. The van der Waals surface area contributed by atoms with Crippen LogP contribution in [0.4, 0.5) is 0 Å². The maximum absolute atomic E-state index is 13.9. The lowest BCUT2D eigenvalue weighted by Crippen LogP contribution is -2.43. The number of nitrogens with zero attached hydrogens (tertiary/aromatic N) is 4. The van der Waals surface area contributed by atoms with Gasteiger partial charge < -0.3 is 9.32 Å². The number of carbonyl (C=O) groups excluding carboxylic acids is 1. The first-order valence-electron chi connectivity index (χ1n) is 12.5. The molecule has 0 saturated carbocycles. The Kier molecular flexibility index (Phi) is 7.38. The van der Waals surface area contributed by atoms with E-state index in [4.69, 9.17) is 21.0 Å². The van der Waals surface area contributed by atoms with Crippen LogP contribution in [0.15, 0.2) is 86.1 Å². The molecule has 0 spiro atoms. The largest absolute Gasteiger partial charge is 0.457 e. The summed E-state index contributed by atoms with van der Waals surface area (Å²) in [5.74, 6) is 0.858. The number of furan rings is 1. The summed E-state index contributed by atoms with van der Waals surface area (Å²) in [4.78, 5) is 34.4. The van der Waals surface area contributed by atoms with E-state index in [9.17, 15) is 14.9 Å². The summed E-state index contributed by atoms with van der Waals surface area (Å²) in [7, 11) is 0. The molecule has 0 aliphatic carbocycles. The van der Waals surface area contributed by atoms with Crippen molar-refractivity contribution in [3.8, 4) is 17.4 Å². The molecule has 0 radical (unpaired) electrons. The van der Waals surface area contributed by atoms with Gasteiger partial charge in [-0.2, -0.15) is 5.26 Å². The lowest BCUT2D eigenvalue weighted by Gasteiger charge is -2.29. The molecule has 9 heteroatoms. The van der Waals surface area contributed by atoms with E-state index in [2.05, 4.69) is 6.07 Å². The molecule has 0 N–H and O–H groups in total. The average Bonchev–Trinajstić information content (AvgIpc) is 3.53. The normalized spacial score (nSPS) is 15.1. The first-order valence-corrected chi connectivity index (χ1v) is 13.7. The van der Waals surface area contributed by atoms with Crippen LogP contribution in [0.2, 0.25) is 5.02 Å². The standard InChI is InChI=1S/C30H25ClN4O3S/c1-4-34(5-2)29(37)26-18(3)33-30-35(27(26)19-10-12-21(31)13-11-19)28(36)25(39-30)16-22-14-15-24(38-22)23-9-7-6-8-20(23)17-32/h6-16,27H,4-5H2,1-3H3/b25-16+/t27-/m1/s1. The van der Waals surface area contributed by atoms with E-state index >= 15 is 0 Å². The quantitative estimate of drug-likeness (QED) is 0.338. The van der Waals surface area contributed by atoms with Crippen LogP contribution in [0.5, 0.6) is 0 Å². The maximum atomic E-state index is 13.9. The predicted octanol–water partition coefficient (Wildman–Crippen LogP) is 4.89. The fraction of sp³-hybridized carbons (Fsp3) is 0.200. The third-order valence-corrected chi connectivity index (χ3v) is 7.94. The number of aromatic nitrogens is 1. The Bertz CT molecular complexity index is 1820. The Balaban J connectivity index is 1.65. The van der Waals surface area contributed by atoms with Crippen molar-refractivity contribution in [1.29, 1.82) is 5.26 Å². The highest BCUT2D eigenvalue weighted by atomic mass is 35.5. The molecular formula is C30H25ClN4O3S. The minimum atomic E-state index is -0.650. The molecule has 196 valence electrons. The van der Waals surface area contributed by atoms with Gasteiger partial charge in [0, 0.05) is 29.8 Å². The zero-order valence-electron chi connectivity index (χ0n) is 21.6. The Morgan fingerprint density at radius 2 is 1.87 bits per heavy atom. The van der Waals surface area contributed by atoms with E-state index in [1.807, 2.05) is 45.0 Å². The van der Waals surface area contributed by atoms with Crippen molar-refractivity contribution in [1.82, 2.24) is 9.47 Å². The molecule has 0 unspecified atom stereocenters. The smallest absolute Gasteiger partial charge is 0.271 e. The molecule has 0 saturated heterocycles. The third kappa shape index (κ3) is 4.87. The zero-order chi connectivity index (χ0) is 27.7. The Morgan fingerprint density at radius 3 is 2.56 bits per heavy atom. The van der Waals surface area contributed by atoms with Gasteiger partial charge >= 0.3 is 0 Å². The maximum Gasteiger partial charge on any atom is 0.271 e. The summed E-state index contributed by atoms with van der Waals surface area (Å²) in [6, 6.07) is 19.4. The average molecular weight is 557 g/mol. The number of nitriles is 1. The van der Waals surface area contributed by atoms with Gasteiger partial charge in [0.25, 0.3) is 11.5 Å². The van der Waals surface area contributed by atoms with Gasteiger partial charge in [-0.25, -0.2) is 4.99 Å². The van der Waals surface area contributed by atoms with Crippen molar-refractivity contribution in [2.45, 2.75) is 26.8 Å². The van der Waals surface area contributed by atoms with Crippen LogP contribution in [0, 0.1) is 11.3 Å². The molecule has 39 heavy (non-hydrogen) atoms. The third-order valence-electron chi connectivity index (χ3n) is 6.70. The van der Waals surface area contributed by atoms with Crippen molar-refractivity contribution in [2.75, 3.05) is 13.1 Å². The number of hydrogen-bond acceptors (Lipinski definition) is 6. The SMILES string of the molecule is CCN(CC)C(=O)C1=C(C)N=c2s/c(=C/c3ccc(-c4ccccc4C#N)o3)c(=O)n2[C@@H]1c1ccc(Cl)cc1. The van der Waals surface area contributed by atoms with Crippen LogP contribution in [0.3, 0.4) is 0 Å². The Hall–Kier alpha value is -4.19. The van der Waals surface area contributed by atoms with Crippen molar-refractivity contribution in [3.05, 3.63) is 114 Å². The number of likely N-dealkylation sites (N-methyl/N-ethyl adjacent to an activating group) is 1. The lowest BCUT2D eigenvalue weighted by atomic mass is 9.94. The second kappa shape index (κ2) is 10.9. The van der Waals surface area contributed by atoms with E-state index in [1.165, 1.54) is 11.3 Å². The summed E-state index contributed by atoms with van der Waals surface area (Å²) in [6.07, 6.45) is 1.67. The van der Waals surface area contributed by atoms with Gasteiger partial charge in [0.1, 0.15) is 11.5 Å². The molecule has 7 nitrogen and oxygen atoms in total. The summed E-state index contributed by atoms with van der Waals surface area (Å²) in [5, 5.41) is 10.0. The van der Waals surface area contributed by atoms with Crippen LogP contribution in [0.1, 0.15) is 43.7 Å². The molecule has 2 aromatic carbocycles. The van der Waals surface area contributed by atoms with Crippen LogP contribution >= 0.6 is 22.9 Å². The van der Waals surface area contributed by atoms with Crippen LogP contribution in [-0.2, 0) is 4.79 Å². The molecule has 2 aromatic heterocycles. The van der Waals surface area contributed by atoms with Crippen LogP contribution in [-0.4, -0.2) is 28.5 Å². The van der Waals surface area contributed by atoms with Gasteiger partial charge in [0.2, 0.25) is 0 Å². The first-order chi connectivity index (χ1) is 18.9. The van der Waals surface area contributed by atoms with Crippen molar-refractivity contribution < 1.29 is 9.21 Å². The number of fused-ring (bicyclic) bond motifs is 1. The van der Waals surface area contributed by atoms with Crippen molar-refractivity contribution in [3.63, 3.8) is 0 Å². The van der Waals surface area contributed by atoms with E-state index in [-0.39, 0.29) is 11.5 Å². The molecular weight excluding hydrogens is 532 g/mol. The molecule has 0 bridgehead atoms. The van der Waals surface area contributed by atoms with Crippen LogP contribution < -0.4 is 14.9 Å². The van der Waals surface area contributed by atoms with Gasteiger partial charge in [-0.1, -0.05) is 47.2 Å². The Morgan fingerprint density at radius 1 is 1.15 bits per heavy atom. The second-order valence-corrected chi connectivity index (χ2v) is 10.4. The number of rotatable bonds is 6. The Labute approximate surface area is 234 Å². The fourth-order valence-electron chi connectivity index (χ4n) is 4.74. The van der Waals surface area contributed by atoms with Gasteiger partial charge in [-0.05, 0) is 62.7 Å². The molecule has 3 heterocycles. The fourth-order valence-corrected chi connectivity index (χ4v) is 5.89. The van der Waals surface area contributed by atoms with E-state index in [0.717, 1.165) is 5.56 Å². The predicted molar refractivity (Wildman–Crippen MR) is 152 cm³/mol. The zero-order valence-corrected chi connectivity index (χ0v) is 23.2. The second-order valence-electron chi connectivity index (χ2n) is 8.97. The number of thiazole rings is 1. The monoisotopic (exact) mass is 556 g/mol. The minimum Gasteiger partial charge on any atom is -0.457 e. The highest BCUT2D eigenvalue weighted by Crippen LogP contribution is 2.32. The number of carbonyl (C=O) groups is 1. The summed E-state index contributed by atoms with van der Waals surface area (Å²) in [6.45, 7) is 6.74. The molecule has 1 aliphatic rings. The van der Waals surface area contributed by atoms with Crippen molar-refractivity contribution >= 4 is 34.9 Å².